The van der Waals surface area contributed by atoms with E-state index in [1.165, 1.54) is 4.57 Å². The number of H-pyrrole nitrogens is 1. The van der Waals surface area contributed by atoms with Gasteiger partial charge in [-0.3, -0.25) is 14.2 Å². The highest BCUT2D eigenvalue weighted by atomic mass is 32.1. The topological polar surface area (TPSA) is 90.7 Å². The Bertz CT molecular complexity index is 1310. The van der Waals surface area contributed by atoms with Gasteiger partial charge in [-0.1, -0.05) is 12.1 Å². The molecule has 7 heteroatoms. The molecular formula is C22H20N4O2S. The van der Waals surface area contributed by atoms with E-state index in [1.54, 1.807) is 18.2 Å². The zero-order valence-electron chi connectivity index (χ0n) is 16.2. The van der Waals surface area contributed by atoms with Gasteiger partial charge in [0.1, 0.15) is 5.54 Å². The van der Waals surface area contributed by atoms with Gasteiger partial charge < -0.3 is 10.3 Å². The van der Waals surface area contributed by atoms with E-state index >= 15 is 0 Å². The van der Waals surface area contributed by atoms with Gasteiger partial charge in [0.2, 0.25) is 0 Å². The lowest BCUT2D eigenvalue weighted by Gasteiger charge is -2.35. The molecular weight excluding hydrogens is 384 g/mol. The Labute approximate surface area is 172 Å². The van der Waals surface area contributed by atoms with E-state index in [0.29, 0.717) is 29.3 Å². The van der Waals surface area contributed by atoms with E-state index in [4.69, 9.17) is 12.2 Å². The Morgan fingerprint density at radius 3 is 2.69 bits per heavy atom. The minimum Gasteiger partial charge on any atom is -0.334 e. The fourth-order valence-electron chi connectivity index (χ4n) is 3.64. The maximum absolute atomic E-state index is 13.2. The number of rotatable bonds is 3. The molecule has 1 heterocycles. The number of hydrogen-bond donors (Lipinski definition) is 2. The molecule has 4 rings (SSSR count). The zero-order chi connectivity index (χ0) is 20.8. The van der Waals surface area contributed by atoms with Crippen molar-refractivity contribution in [2.75, 3.05) is 0 Å². The number of carbonyl (C=O) groups is 1. The number of amides is 1. The molecule has 0 unspecified atom stereocenters. The van der Waals surface area contributed by atoms with E-state index in [-0.39, 0.29) is 16.2 Å². The van der Waals surface area contributed by atoms with Gasteiger partial charge in [0.15, 0.2) is 4.77 Å². The molecule has 0 atom stereocenters. The number of nitriles is 1. The predicted molar refractivity (Wildman–Crippen MR) is 114 cm³/mol. The molecule has 1 amide bonds. The first kappa shape index (κ1) is 19.1. The van der Waals surface area contributed by atoms with Gasteiger partial charge in [-0.2, -0.15) is 5.26 Å². The lowest BCUT2D eigenvalue weighted by molar-refractivity contribution is 0.0881. The van der Waals surface area contributed by atoms with Gasteiger partial charge in [0.25, 0.3) is 11.5 Å². The summed E-state index contributed by atoms with van der Waals surface area (Å²) in [5, 5.41) is 12.6. The highest BCUT2D eigenvalue weighted by Gasteiger charge is 2.38. The predicted octanol–water partition coefficient (Wildman–Crippen LogP) is 3.84. The first-order valence-corrected chi connectivity index (χ1v) is 9.85. The molecule has 6 nitrogen and oxygen atoms in total. The van der Waals surface area contributed by atoms with Crippen LogP contribution < -0.4 is 10.9 Å². The minimum absolute atomic E-state index is 0.239. The lowest BCUT2D eigenvalue weighted by Crippen LogP contribution is -2.52. The van der Waals surface area contributed by atoms with Crippen molar-refractivity contribution in [3.05, 3.63) is 68.2 Å². The molecule has 29 heavy (non-hydrogen) atoms. The van der Waals surface area contributed by atoms with E-state index in [9.17, 15) is 14.9 Å². The summed E-state index contributed by atoms with van der Waals surface area (Å²) in [4.78, 5) is 28.8. The van der Waals surface area contributed by atoms with Gasteiger partial charge in [-0.25, -0.2) is 0 Å². The van der Waals surface area contributed by atoms with E-state index in [1.807, 2.05) is 32.0 Å². The summed E-state index contributed by atoms with van der Waals surface area (Å²) in [6.07, 6.45) is 2.24. The largest absolute Gasteiger partial charge is 0.334 e. The second-order valence-corrected chi connectivity index (χ2v) is 7.94. The standard InChI is InChI=1S/C22H20N4O2S/c1-13-5-3-6-18(14(13)2)26-20(28)16-8-7-15(11-17(16)24-21(26)29)19(27)25-22(12-23)9-4-10-22/h3,5-8,11H,4,9-10H2,1-2H3,(H,24,29)(H,25,27). The summed E-state index contributed by atoms with van der Waals surface area (Å²) >= 11 is 5.46. The number of fused-ring (bicyclic) bond motifs is 1. The molecule has 0 spiro atoms. The molecule has 2 aromatic carbocycles. The van der Waals surface area contributed by atoms with Crippen LogP contribution in [0.15, 0.2) is 41.2 Å². The number of benzene rings is 2. The van der Waals surface area contributed by atoms with Crippen LogP contribution in [-0.2, 0) is 0 Å². The normalized spacial score (nSPS) is 14.8. The first-order valence-electron chi connectivity index (χ1n) is 9.45. The number of aromatic nitrogens is 2. The van der Waals surface area contributed by atoms with Crippen molar-refractivity contribution in [3.63, 3.8) is 0 Å². The fourth-order valence-corrected chi connectivity index (χ4v) is 3.93. The van der Waals surface area contributed by atoms with Crippen molar-refractivity contribution in [1.82, 2.24) is 14.9 Å². The van der Waals surface area contributed by atoms with Crippen LogP contribution in [0.4, 0.5) is 0 Å². The van der Waals surface area contributed by atoms with Crippen molar-refractivity contribution >= 4 is 29.0 Å². The molecule has 0 aliphatic heterocycles. The average Bonchev–Trinajstić information content (AvgIpc) is 2.67. The summed E-state index contributed by atoms with van der Waals surface area (Å²) in [5.74, 6) is -0.328. The first-order chi connectivity index (χ1) is 13.8. The quantitative estimate of drug-likeness (QED) is 0.649. The Kier molecular flexibility index (Phi) is 4.59. The van der Waals surface area contributed by atoms with Crippen molar-refractivity contribution in [3.8, 4) is 11.8 Å². The molecule has 0 saturated heterocycles. The third-order valence-corrected chi connectivity index (χ3v) is 6.04. The number of nitrogens with zero attached hydrogens (tertiary/aromatic N) is 2. The van der Waals surface area contributed by atoms with Crippen molar-refractivity contribution in [1.29, 1.82) is 5.26 Å². The summed E-state index contributed by atoms with van der Waals surface area (Å²) in [7, 11) is 0. The van der Waals surface area contributed by atoms with Crippen molar-refractivity contribution < 1.29 is 4.79 Å². The smallest absolute Gasteiger partial charge is 0.266 e. The van der Waals surface area contributed by atoms with E-state index in [0.717, 1.165) is 23.2 Å². The second-order valence-electron chi connectivity index (χ2n) is 7.55. The molecule has 0 radical (unpaired) electrons. The van der Waals surface area contributed by atoms with Crippen LogP contribution in [0.25, 0.3) is 16.6 Å². The second kappa shape index (κ2) is 6.98. The molecule has 146 valence electrons. The molecule has 1 aliphatic rings. The third kappa shape index (κ3) is 3.15. The summed E-state index contributed by atoms with van der Waals surface area (Å²) in [5.41, 5.74) is 2.65. The Hall–Kier alpha value is -3.24. The molecule has 1 saturated carbocycles. The average molecular weight is 404 g/mol. The number of aromatic amines is 1. The molecule has 2 N–H and O–H groups in total. The number of aryl methyl sites for hydroxylation is 1. The van der Waals surface area contributed by atoms with Crippen molar-refractivity contribution in [2.24, 2.45) is 0 Å². The highest BCUT2D eigenvalue weighted by Crippen LogP contribution is 2.31. The van der Waals surface area contributed by atoms with Crippen molar-refractivity contribution in [2.45, 2.75) is 38.6 Å². The summed E-state index contributed by atoms with van der Waals surface area (Å²) < 4.78 is 1.75. The molecule has 1 aliphatic carbocycles. The number of hydrogen-bond acceptors (Lipinski definition) is 4. The van der Waals surface area contributed by atoms with Crippen LogP contribution in [0.1, 0.15) is 40.7 Å². The maximum Gasteiger partial charge on any atom is 0.266 e. The Balaban J connectivity index is 1.79. The van der Waals surface area contributed by atoms with Crippen LogP contribution in [0.3, 0.4) is 0 Å². The van der Waals surface area contributed by atoms with Gasteiger partial charge in [0.05, 0.1) is 22.7 Å². The maximum atomic E-state index is 13.2. The number of carbonyl (C=O) groups excluding carboxylic acids is 1. The molecule has 3 aromatic rings. The highest BCUT2D eigenvalue weighted by molar-refractivity contribution is 7.71. The SMILES string of the molecule is Cc1cccc(-n2c(=S)[nH]c3cc(C(=O)NC4(C#N)CCC4)ccc3c2=O)c1C. The zero-order valence-corrected chi connectivity index (χ0v) is 17.0. The Morgan fingerprint density at radius 2 is 2.03 bits per heavy atom. The van der Waals surface area contributed by atoms with Gasteiger partial charge >= 0.3 is 0 Å². The van der Waals surface area contributed by atoms with E-state index in [2.05, 4.69) is 16.4 Å². The van der Waals surface area contributed by atoms with Crippen LogP contribution in [0.2, 0.25) is 0 Å². The summed E-state index contributed by atoms with van der Waals surface area (Å²) in [6, 6.07) is 12.8. The van der Waals surface area contributed by atoms with Gasteiger partial charge in [-0.15, -0.1) is 0 Å². The van der Waals surface area contributed by atoms with Gasteiger partial charge in [0, 0.05) is 5.56 Å². The van der Waals surface area contributed by atoms with Crippen LogP contribution in [-0.4, -0.2) is 21.0 Å². The number of nitrogens with one attached hydrogen (secondary N) is 2. The monoisotopic (exact) mass is 404 g/mol. The van der Waals surface area contributed by atoms with Crippen LogP contribution >= 0.6 is 12.2 Å². The molecule has 1 fully saturated rings. The molecule has 1 aromatic heterocycles. The van der Waals surface area contributed by atoms with Crippen LogP contribution in [0.5, 0.6) is 0 Å². The fraction of sp³-hybridized carbons (Fsp3) is 0.273. The van der Waals surface area contributed by atoms with Gasteiger partial charge in [-0.05, 0) is 80.7 Å². The summed E-state index contributed by atoms with van der Waals surface area (Å²) in [6.45, 7) is 3.94. The lowest BCUT2D eigenvalue weighted by atomic mass is 9.78. The van der Waals surface area contributed by atoms with Crippen LogP contribution in [0, 0.1) is 29.9 Å². The molecule has 0 bridgehead atoms. The Morgan fingerprint density at radius 1 is 1.28 bits per heavy atom. The minimum atomic E-state index is -0.773. The third-order valence-electron chi connectivity index (χ3n) is 5.75. The van der Waals surface area contributed by atoms with E-state index < -0.39 is 5.54 Å².